The fourth-order valence-corrected chi connectivity index (χ4v) is 3.11. The van der Waals surface area contributed by atoms with Crippen LogP contribution in [0.5, 0.6) is 5.75 Å². The maximum atomic E-state index is 13.8. The number of methoxy groups -OCH3 is 1. The lowest BCUT2D eigenvalue weighted by Gasteiger charge is -2.17. The van der Waals surface area contributed by atoms with Crippen LogP contribution in [0.15, 0.2) is 18.2 Å². The van der Waals surface area contributed by atoms with Crippen molar-refractivity contribution in [2.24, 2.45) is 0 Å². The minimum absolute atomic E-state index is 0.109. The standard InChI is InChI=1S/C15H20FN3OS/c1-4-12-15(21-19-18-12)13(17-5-2)9-10-6-7-14(20-3)11(16)8-10/h6-8,13,17H,4-5,9H2,1-3H3. The van der Waals surface area contributed by atoms with E-state index in [1.165, 1.54) is 24.7 Å². The molecule has 1 atom stereocenters. The van der Waals surface area contributed by atoms with Gasteiger partial charge < -0.3 is 10.1 Å². The third-order valence-corrected chi connectivity index (χ3v) is 4.22. The zero-order valence-electron chi connectivity index (χ0n) is 12.5. The van der Waals surface area contributed by atoms with Gasteiger partial charge in [-0.2, -0.15) is 0 Å². The molecule has 1 aromatic carbocycles. The summed E-state index contributed by atoms with van der Waals surface area (Å²) in [5.41, 5.74) is 1.94. The molecule has 0 bridgehead atoms. The van der Waals surface area contributed by atoms with Gasteiger partial charge in [-0.05, 0) is 48.6 Å². The molecule has 0 fully saturated rings. The van der Waals surface area contributed by atoms with Gasteiger partial charge in [0.1, 0.15) is 0 Å². The normalized spacial score (nSPS) is 12.4. The number of likely N-dealkylation sites (N-methyl/N-ethyl adjacent to an activating group) is 1. The quantitative estimate of drug-likeness (QED) is 0.853. The van der Waals surface area contributed by atoms with Crippen molar-refractivity contribution in [1.29, 1.82) is 0 Å². The molecule has 0 saturated heterocycles. The number of hydrogen-bond donors (Lipinski definition) is 1. The number of halogens is 1. The van der Waals surface area contributed by atoms with E-state index in [1.807, 2.05) is 6.07 Å². The Balaban J connectivity index is 2.22. The van der Waals surface area contributed by atoms with E-state index >= 15 is 0 Å². The van der Waals surface area contributed by atoms with Gasteiger partial charge >= 0.3 is 0 Å². The fourth-order valence-electron chi connectivity index (χ4n) is 2.30. The number of aryl methyl sites for hydroxylation is 1. The molecule has 2 rings (SSSR count). The summed E-state index contributed by atoms with van der Waals surface area (Å²) in [5.74, 6) is -0.0594. The van der Waals surface area contributed by atoms with Crippen LogP contribution in [0.1, 0.15) is 36.0 Å². The minimum Gasteiger partial charge on any atom is -0.494 e. The lowest BCUT2D eigenvalue weighted by Crippen LogP contribution is -2.23. The molecule has 0 spiro atoms. The summed E-state index contributed by atoms with van der Waals surface area (Å²) in [4.78, 5) is 1.13. The lowest BCUT2D eigenvalue weighted by molar-refractivity contribution is 0.386. The van der Waals surface area contributed by atoms with E-state index in [0.717, 1.165) is 29.1 Å². The van der Waals surface area contributed by atoms with Gasteiger partial charge in [0, 0.05) is 6.04 Å². The highest BCUT2D eigenvalue weighted by Crippen LogP contribution is 2.26. The molecule has 4 nitrogen and oxygen atoms in total. The van der Waals surface area contributed by atoms with Gasteiger partial charge in [0.2, 0.25) is 0 Å². The zero-order valence-corrected chi connectivity index (χ0v) is 13.3. The van der Waals surface area contributed by atoms with Crippen molar-refractivity contribution in [3.8, 4) is 5.75 Å². The van der Waals surface area contributed by atoms with Crippen LogP contribution in [0, 0.1) is 5.82 Å². The summed E-state index contributed by atoms with van der Waals surface area (Å²) in [6, 6.07) is 5.20. The maximum Gasteiger partial charge on any atom is 0.165 e. The second-order valence-corrected chi connectivity index (χ2v) is 5.51. The molecule has 21 heavy (non-hydrogen) atoms. The number of nitrogens with one attached hydrogen (secondary N) is 1. The molecule has 114 valence electrons. The van der Waals surface area contributed by atoms with E-state index in [4.69, 9.17) is 4.74 Å². The van der Waals surface area contributed by atoms with E-state index in [2.05, 4.69) is 28.8 Å². The van der Waals surface area contributed by atoms with E-state index in [-0.39, 0.29) is 17.6 Å². The maximum absolute atomic E-state index is 13.8. The summed E-state index contributed by atoms with van der Waals surface area (Å²) >= 11 is 1.41. The Hall–Kier alpha value is -1.53. The molecule has 0 aliphatic rings. The zero-order chi connectivity index (χ0) is 15.2. The van der Waals surface area contributed by atoms with Crippen LogP contribution in [-0.4, -0.2) is 23.2 Å². The Morgan fingerprint density at radius 2 is 2.19 bits per heavy atom. The lowest BCUT2D eigenvalue weighted by atomic mass is 10.0. The van der Waals surface area contributed by atoms with E-state index in [9.17, 15) is 4.39 Å². The highest BCUT2D eigenvalue weighted by Gasteiger charge is 2.18. The highest BCUT2D eigenvalue weighted by atomic mass is 32.1. The van der Waals surface area contributed by atoms with Crippen molar-refractivity contribution in [3.05, 3.63) is 40.2 Å². The Morgan fingerprint density at radius 3 is 2.81 bits per heavy atom. The van der Waals surface area contributed by atoms with Crippen LogP contribution in [0.25, 0.3) is 0 Å². The molecule has 0 aliphatic carbocycles. The number of ether oxygens (including phenoxy) is 1. The third-order valence-electron chi connectivity index (χ3n) is 3.34. The second kappa shape index (κ2) is 7.47. The van der Waals surface area contributed by atoms with Crippen LogP contribution in [-0.2, 0) is 12.8 Å². The van der Waals surface area contributed by atoms with Crippen LogP contribution in [0.3, 0.4) is 0 Å². The number of hydrogen-bond acceptors (Lipinski definition) is 5. The van der Waals surface area contributed by atoms with E-state index < -0.39 is 0 Å². The topological polar surface area (TPSA) is 47.0 Å². The Bertz CT molecular complexity index is 588. The van der Waals surface area contributed by atoms with Gasteiger partial charge in [-0.3, -0.25) is 0 Å². The Morgan fingerprint density at radius 1 is 1.38 bits per heavy atom. The molecule has 1 N–H and O–H groups in total. The third kappa shape index (κ3) is 3.77. The molecule has 1 unspecified atom stereocenters. The first-order valence-corrected chi connectivity index (χ1v) is 7.83. The Labute approximate surface area is 128 Å². The SMILES string of the molecule is CCNC(Cc1ccc(OC)c(F)c1)c1snnc1CC. The molecule has 0 radical (unpaired) electrons. The van der Waals surface area contributed by atoms with Crippen LogP contribution < -0.4 is 10.1 Å². The summed E-state index contributed by atoms with van der Waals surface area (Å²) in [6.45, 7) is 4.96. The van der Waals surface area contributed by atoms with Gasteiger partial charge in [-0.15, -0.1) is 5.10 Å². The van der Waals surface area contributed by atoms with Crippen molar-refractivity contribution < 1.29 is 9.13 Å². The van der Waals surface area contributed by atoms with Crippen molar-refractivity contribution in [3.63, 3.8) is 0 Å². The van der Waals surface area contributed by atoms with E-state index in [1.54, 1.807) is 6.07 Å². The van der Waals surface area contributed by atoms with Gasteiger partial charge in [0.05, 0.1) is 17.7 Å². The highest BCUT2D eigenvalue weighted by molar-refractivity contribution is 7.05. The molecule has 0 amide bonds. The molecule has 1 heterocycles. The average molecular weight is 309 g/mol. The number of rotatable bonds is 7. The first-order valence-electron chi connectivity index (χ1n) is 7.06. The molecule has 2 aromatic rings. The summed E-state index contributed by atoms with van der Waals surface area (Å²) in [7, 11) is 1.47. The first-order chi connectivity index (χ1) is 10.2. The van der Waals surface area contributed by atoms with Gasteiger partial charge in [-0.25, -0.2) is 4.39 Å². The largest absolute Gasteiger partial charge is 0.494 e. The molecular weight excluding hydrogens is 289 g/mol. The number of benzene rings is 1. The summed E-state index contributed by atoms with van der Waals surface area (Å²) < 4.78 is 22.8. The summed E-state index contributed by atoms with van der Waals surface area (Å²) in [5, 5.41) is 7.59. The number of nitrogens with zero attached hydrogens (tertiary/aromatic N) is 2. The average Bonchev–Trinajstić information content (AvgIpc) is 2.95. The van der Waals surface area contributed by atoms with E-state index in [0.29, 0.717) is 6.42 Å². The van der Waals surface area contributed by atoms with Gasteiger partial charge in [-0.1, -0.05) is 24.4 Å². The van der Waals surface area contributed by atoms with Crippen molar-refractivity contribution in [2.75, 3.05) is 13.7 Å². The second-order valence-electron chi connectivity index (χ2n) is 4.72. The van der Waals surface area contributed by atoms with Crippen LogP contribution in [0.2, 0.25) is 0 Å². The first kappa shape index (κ1) is 15.9. The predicted molar refractivity (Wildman–Crippen MR) is 82.4 cm³/mol. The molecule has 0 aliphatic heterocycles. The van der Waals surface area contributed by atoms with Gasteiger partial charge in [0.25, 0.3) is 0 Å². The molecule has 1 aromatic heterocycles. The van der Waals surface area contributed by atoms with Crippen molar-refractivity contribution in [2.45, 2.75) is 32.7 Å². The van der Waals surface area contributed by atoms with Crippen molar-refractivity contribution in [1.82, 2.24) is 14.9 Å². The van der Waals surface area contributed by atoms with Crippen LogP contribution >= 0.6 is 11.5 Å². The van der Waals surface area contributed by atoms with Crippen molar-refractivity contribution >= 4 is 11.5 Å². The minimum atomic E-state index is -0.330. The Kier molecular flexibility index (Phi) is 5.64. The van der Waals surface area contributed by atoms with Gasteiger partial charge in [0.15, 0.2) is 11.6 Å². The summed E-state index contributed by atoms with van der Waals surface area (Å²) in [6.07, 6.45) is 1.55. The monoisotopic (exact) mass is 309 g/mol. The molecule has 0 saturated carbocycles. The predicted octanol–water partition coefficient (Wildman–Crippen LogP) is 3.14. The molecular formula is C15H20FN3OS. The van der Waals surface area contributed by atoms with Crippen LogP contribution in [0.4, 0.5) is 4.39 Å². The molecule has 6 heteroatoms. The number of aromatic nitrogens is 2. The smallest absolute Gasteiger partial charge is 0.165 e. The fraction of sp³-hybridized carbons (Fsp3) is 0.467.